The summed E-state index contributed by atoms with van der Waals surface area (Å²) >= 11 is 1.52. The molecule has 7 heteroatoms. The van der Waals surface area contributed by atoms with Gasteiger partial charge in [0.05, 0.1) is 10.7 Å². The van der Waals surface area contributed by atoms with Crippen molar-refractivity contribution in [3.05, 3.63) is 64.2 Å². The molecule has 132 valence electrons. The van der Waals surface area contributed by atoms with Crippen molar-refractivity contribution >= 4 is 23.3 Å². The number of nitriles is 1. The van der Waals surface area contributed by atoms with E-state index in [2.05, 4.69) is 45.5 Å². The van der Waals surface area contributed by atoms with Crippen LogP contribution in [0.4, 0.5) is 5.95 Å². The van der Waals surface area contributed by atoms with E-state index in [1.54, 1.807) is 18.5 Å². The molecule has 0 aromatic carbocycles. The van der Waals surface area contributed by atoms with E-state index in [1.165, 1.54) is 11.8 Å². The highest BCUT2D eigenvalue weighted by molar-refractivity contribution is 8.06. The molecule has 0 radical (unpaired) electrons. The van der Waals surface area contributed by atoms with Crippen molar-refractivity contribution in [2.75, 3.05) is 11.9 Å². The van der Waals surface area contributed by atoms with Gasteiger partial charge in [-0.25, -0.2) is 9.97 Å². The van der Waals surface area contributed by atoms with Crippen LogP contribution in [0.25, 0.3) is 5.57 Å². The maximum absolute atomic E-state index is 9.61. The van der Waals surface area contributed by atoms with E-state index in [0.29, 0.717) is 29.7 Å². The Morgan fingerprint density at radius 2 is 2.23 bits per heavy atom. The molecule has 0 fully saturated rings. The van der Waals surface area contributed by atoms with Gasteiger partial charge in [-0.2, -0.15) is 5.26 Å². The number of nitrogens with zero attached hydrogens (tertiary/aromatic N) is 4. The lowest BCUT2D eigenvalue weighted by atomic mass is 10.1. The first-order valence-electron chi connectivity index (χ1n) is 8.41. The van der Waals surface area contributed by atoms with E-state index in [4.69, 9.17) is 0 Å². The summed E-state index contributed by atoms with van der Waals surface area (Å²) in [5, 5.41) is 19.0. The third-order valence-electron chi connectivity index (χ3n) is 3.85. The lowest BCUT2D eigenvalue weighted by molar-refractivity contribution is 0.719. The normalized spacial score (nSPS) is 15.2. The standard InChI is InChI=1S/C19H20N6S/c1-13(2)17-12-26-18(24-17)15(10-20)16-6-9-23-19(25-16)22-8-5-14-4-3-7-21-11-14/h3-4,6-7,9,11-13,24H,5,8H2,1-2H3,(H,22,23,25)/b18-15-. The van der Waals surface area contributed by atoms with Crippen molar-refractivity contribution in [1.29, 1.82) is 5.26 Å². The largest absolute Gasteiger partial charge is 0.354 e. The molecule has 1 aliphatic heterocycles. The molecule has 0 unspecified atom stereocenters. The first-order valence-corrected chi connectivity index (χ1v) is 9.29. The maximum Gasteiger partial charge on any atom is 0.223 e. The molecule has 1 aliphatic rings. The Morgan fingerprint density at radius 3 is 2.92 bits per heavy atom. The highest BCUT2D eigenvalue weighted by Gasteiger charge is 2.19. The quantitative estimate of drug-likeness (QED) is 0.758. The average molecular weight is 364 g/mol. The van der Waals surface area contributed by atoms with Crippen molar-refractivity contribution in [1.82, 2.24) is 20.3 Å². The van der Waals surface area contributed by atoms with Crippen molar-refractivity contribution < 1.29 is 0 Å². The SMILES string of the molecule is CC(C)C1=CS/C(=C(/C#N)c2ccnc(NCCc3cccnc3)n2)N1. The highest BCUT2D eigenvalue weighted by Crippen LogP contribution is 2.33. The van der Waals surface area contributed by atoms with Crippen LogP contribution in [0.5, 0.6) is 0 Å². The summed E-state index contributed by atoms with van der Waals surface area (Å²) in [5.41, 5.74) is 3.40. The molecule has 0 saturated carbocycles. The molecule has 0 saturated heterocycles. The minimum atomic E-state index is 0.384. The van der Waals surface area contributed by atoms with Crippen LogP contribution in [-0.2, 0) is 6.42 Å². The first-order chi connectivity index (χ1) is 12.7. The minimum absolute atomic E-state index is 0.384. The Morgan fingerprint density at radius 1 is 1.35 bits per heavy atom. The van der Waals surface area contributed by atoms with E-state index >= 15 is 0 Å². The summed E-state index contributed by atoms with van der Waals surface area (Å²) in [4.78, 5) is 12.8. The van der Waals surface area contributed by atoms with Gasteiger partial charge >= 0.3 is 0 Å². The lowest BCUT2D eigenvalue weighted by Gasteiger charge is -2.10. The fourth-order valence-corrected chi connectivity index (χ4v) is 3.41. The number of hydrogen-bond donors (Lipinski definition) is 2. The van der Waals surface area contributed by atoms with Gasteiger partial charge in [-0.05, 0) is 35.4 Å². The molecule has 3 heterocycles. The molecule has 26 heavy (non-hydrogen) atoms. The van der Waals surface area contributed by atoms with Crippen LogP contribution in [0.1, 0.15) is 25.1 Å². The zero-order chi connectivity index (χ0) is 18.4. The van der Waals surface area contributed by atoms with Gasteiger partial charge in [0.25, 0.3) is 0 Å². The second-order valence-electron chi connectivity index (χ2n) is 6.09. The van der Waals surface area contributed by atoms with Crippen LogP contribution >= 0.6 is 11.8 Å². The fourth-order valence-electron chi connectivity index (χ4n) is 2.39. The van der Waals surface area contributed by atoms with Crippen molar-refractivity contribution in [2.45, 2.75) is 20.3 Å². The number of aromatic nitrogens is 3. The van der Waals surface area contributed by atoms with Gasteiger partial charge in [0.1, 0.15) is 11.6 Å². The van der Waals surface area contributed by atoms with E-state index < -0.39 is 0 Å². The molecule has 2 N–H and O–H groups in total. The van der Waals surface area contributed by atoms with Gasteiger partial charge in [-0.1, -0.05) is 31.7 Å². The third-order valence-corrected chi connectivity index (χ3v) is 4.77. The summed E-state index contributed by atoms with van der Waals surface area (Å²) in [6.07, 6.45) is 6.10. The van der Waals surface area contributed by atoms with Gasteiger partial charge in [0.2, 0.25) is 5.95 Å². The van der Waals surface area contributed by atoms with Crippen molar-refractivity contribution in [3.63, 3.8) is 0 Å². The zero-order valence-corrected chi connectivity index (χ0v) is 15.5. The molecule has 0 bridgehead atoms. The Hall–Kier alpha value is -2.85. The summed E-state index contributed by atoms with van der Waals surface area (Å²) in [5.74, 6) is 0.898. The molecule has 3 rings (SSSR count). The molecule has 2 aromatic rings. The van der Waals surface area contributed by atoms with Crippen LogP contribution in [0.2, 0.25) is 0 Å². The summed E-state index contributed by atoms with van der Waals surface area (Å²) in [7, 11) is 0. The Bertz CT molecular complexity index is 867. The first kappa shape index (κ1) is 18.0. The number of hydrogen-bond acceptors (Lipinski definition) is 7. The number of nitrogens with one attached hydrogen (secondary N) is 2. The van der Waals surface area contributed by atoms with Crippen LogP contribution in [0, 0.1) is 17.2 Å². The van der Waals surface area contributed by atoms with Gasteiger partial charge in [0, 0.05) is 30.8 Å². The van der Waals surface area contributed by atoms with Crippen LogP contribution < -0.4 is 10.6 Å². The van der Waals surface area contributed by atoms with Crippen molar-refractivity contribution in [3.8, 4) is 6.07 Å². The smallest absolute Gasteiger partial charge is 0.223 e. The van der Waals surface area contributed by atoms with Crippen LogP contribution in [0.15, 0.2) is 52.9 Å². The van der Waals surface area contributed by atoms with Crippen LogP contribution in [0.3, 0.4) is 0 Å². The lowest BCUT2D eigenvalue weighted by Crippen LogP contribution is -2.12. The Kier molecular flexibility index (Phi) is 5.87. The Labute approximate surface area is 157 Å². The fraction of sp³-hybridized carbons (Fsp3) is 0.263. The summed E-state index contributed by atoms with van der Waals surface area (Å²) < 4.78 is 0. The second-order valence-corrected chi connectivity index (χ2v) is 6.97. The molecule has 2 aromatic heterocycles. The molecule has 0 atom stereocenters. The van der Waals surface area contributed by atoms with Gasteiger partial charge in [-0.15, -0.1) is 0 Å². The summed E-state index contributed by atoms with van der Waals surface area (Å²) in [6, 6.07) is 7.98. The van der Waals surface area contributed by atoms with Gasteiger partial charge < -0.3 is 10.6 Å². The van der Waals surface area contributed by atoms with Gasteiger partial charge in [0.15, 0.2) is 0 Å². The van der Waals surface area contributed by atoms with E-state index in [9.17, 15) is 5.26 Å². The topological polar surface area (TPSA) is 86.5 Å². The molecular weight excluding hydrogens is 344 g/mol. The molecule has 0 amide bonds. The molecular formula is C19H20N6S. The molecule has 6 nitrogen and oxygen atoms in total. The number of anilines is 1. The van der Waals surface area contributed by atoms with Crippen molar-refractivity contribution in [2.24, 2.45) is 5.92 Å². The zero-order valence-electron chi connectivity index (χ0n) is 14.7. The Balaban J connectivity index is 1.69. The number of pyridine rings is 1. The number of allylic oxidation sites excluding steroid dienone is 2. The second kappa shape index (κ2) is 8.50. The predicted molar refractivity (Wildman–Crippen MR) is 105 cm³/mol. The van der Waals surface area contributed by atoms with Crippen LogP contribution in [-0.4, -0.2) is 21.5 Å². The molecule has 0 aliphatic carbocycles. The minimum Gasteiger partial charge on any atom is -0.354 e. The van der Waals surface area contributed by atoms with E-state index in [1.807, 2.05) is 23.7 Å². The van der Waals surface area contributed by atoms with E-state index in [-0.39, 0.29) is 0 Å². The van der Waals surface area contributed by atoms with E-state index in [0.717, 1.165) is 22.7 Å². The predicted octanol–water partition coefficient (Wildman–Crippen LogP) is 3.55. The maximum atomic E-state index is 9.61. The molecule has 0 spiro atoms. The average Bonchev–Trinajstić information content (AvgIpc) is 3.14. The summed E-state index contributed by atoms with van der Waals surface area (Å²) in [6.45, 7) is 4.92. The monoisotopic (exact) mass is 364 g/mol. The number of rotatable bonds is 6. The third kappa shape index (κ3) is 4.41. The van der Waals surface area contributed by atoms with Gasteiger partial charge in [-0.3, -0.25) is 4.98 Å². The highest BCUT2D eigenvalue weighted by atomic mass is 32.2. The number of thioether (sulfide) groups is 1.